The van der Waals surface area contributed by atoms with Crippen molar-refractivity contribution in [1.82, 2.24) is 10.2 Å². The van der Waals surface area contributed by atoms with Gasteiger partial charge in [-0.25, -0.2) is 0 Å². The van der Waals surface area contributed by atoms with Crippen LogP contribution in [0.4, 0.5) is 5.69 Å². The summed E-state index contributed by atoms with van der Waals surface area (Å²) in [6.07, 6.45) is 2.98. The number of thioether (sulfide) groups is 1. The molecule has 1 aromatic rings. The van der Waals surface area contributed by atoms with E-state index in [1.807, 2.05) is 22.7 Å². The van der Waals surface area contributed by atoms with Crippen molar-refractivity contribution in [2.24, 2.45) is 0 Å². The minimum atomic E-state index is -0.0206. The minimum Gasteiger partial charge on any atom is -0.361 e. The van der Waals surface area contributed by atoms with Crippen molar-refractivity contribution >= 4 is 29.3 Å². The Bertz CT molecular complexity index is 608. The molecular weight excluding hydrogens is 322 g/mol. The Labute approximate surface area is 147 Å². The quantitative estimate of drug-likeness (QED) is 0.910. The largest absolute Gasteiger partial charge is 0.361 e. The number of carbonyl (C=O) groups excluding carboxylic acids is 2. The number of likely N-dealkylation sites (tertiary alicyclic amines) is 1. The molecule has 1 saturated heterocycles. The summed E-state index contributed by atoms with van der Waals surface area (Å²) in [5, 5.41) is 2.95. The van der Waals surface area contributed by atoms with Gasteiger partial charge in [-0.3, -0.25) is 9.59 Å². The second-order valence-electron chi connectivity index (χ2n) is 6.47. The molecule has 2 amide bonds. The molecule has 0 radical (unpaired) electrons. The van der Waals surface area contributed by atoms with Crippen LogP contribution in [0.25, 0.3) is 0 Å². The lowest BCUT2D eigenvalue weighted by Crippen LogP contribution is -2.51. The monoisotopic (exact) mass is 347 g/mol. The minimum absolute atomic E-state index is 0.0206. The molecule has 1 unspecified atom stereocenters. The number of piperidine rings is 1. The van der Waals surface area contributed by atoms with E-state index < -0.39 is 0 Å². The summed E-state index contributed by atoms with van der Waals surface area (Å²) in [5.41, 5.74) is 1.17. The fraction of sp³-hybridized carbons (Fsp3) is 0.556. The Balaban J connectivity index is 1.65. The third-order valence-corrected chi connectivity index (χ3v) is 5.69. The summed E-state index contributed by atoms with van der Waals surface area (Å²) in [4.78, 5) is 29.4. The lowest BCUT2D eigenvalue weighted by Gasteiger charge is -2.35. The lowest BCUT2D eigenvalue weighted by atomic mass is 10.1. The van der Waals surface area contributed by atoms with Gasteiger partial charge in [0.1, 0.15) is 0 Å². The van der Waals surface area contributed by atoms with E-state index in [-0.39, 0.29) is 17.9 Å². The molecule has 1 aromatic carbocycles. The van der Waals surface area contributed by atoms with E-state index in [1.165, 1.54) is 17.5 Å². The highest BCUT2D eigenvalue weighted by molar-refractivity contribution is 7.99. The van der Waals surface area contributed by atoms with E-state index in [1.54, 1.807) is 0 Å². The highest BCUT2D eigenvalue weighted by Gasteiger charge is 2.26. The standard InChI is InChI=1S/C18H25N3O2S/c1-14(22)19-15-6-4-9-21(12-15)18(23)13-20-10-5-11-24-17-8-3-2-7-16(17)20/h2-3,7-8,15H,4-6,9-13H2,1H3,(H,19,22). The van der Waals surface area contributed by atoms with Crippen LogP contribution < -0.4 is 10.2 Å². The number of rotatable bonds is 3. The average Bonchev–Trinajstić information content (AvgIpc) is 2.77. The van der Waals surface area contributed by atoms with Crippen molar-refractivity contribution in [2.75, 3.05) is 36.8 Å². The van der Waals surface area contributed by atoms with Gasteiger partial charge in [0.05, 0.1) is 12.2 Å². The Morgan fingerprint density at radius 3 is 2.92 bits per heavy atom. The van der Waals surface area contributed by atoms with Gasteiger partial charge in [-0.05, 0) is 37.1 Å². The number of nitrogens with one attached hydrogen (secondary N) is 1. The van der Waals surface area contributed by atoms with Gasteiger partial charge < -0.3 is 15.1 Å². The number of nitrogens with zero attached hydrogens (tertiary/aromatic N) is 2. The molecule has 2 aliphatic rings. The molecule has 0 spiro atoms. The molecule has 24 heavy (non-hydrogen) atoms. The summed E-state index contributed by atoms with van der Waals surface area (Å²) < 4.78 is 0. The van der Waals surface area contributed by atoms with Crippen molar-refractivity contribution in [1.29, 1.82) is 0 Å². The molecule has 6 heteroatoms. The van der Waals surface area contributed by atoms with Gasteiger partial charge in [0.25, 0.3) is 0 Å². The molecule has 2 heterocycles. The molecule has 3 rings (SSSR count). The van der Waals surface area contributed by atoms with E-state index in [4.69, 9.17) is 0 Å². The van der Waals surface area contributed by atoms with Crippen LogP contribution in [0.15, 0.2) is 29.2 Å². The molecule has 1 N–H and O–H groups in total. The number of anilines is 1. The zero-order valence-electron chi connectivity index (χ0n) is 14.2. The summed E-state index contributed by atoms with van der Waals surface area (Å²) in [7, 11) is 0. The molecule has 5 nitrogen and oxygen atoms in total. The van der Waals surface area contributed by atoms with Gasteiger partial charge in [-0.1, -0.05) is 12.1 Å². The zero-order chi connectivity index (χ0) is 16.9. The van der Waals surface area contributed by atoms with Gasteiger partial charge >= 0.3 is 0 Å². The van der Waals surface area contributed by atoms with E-state index in [2.05, 4.69) is 28.4 Å². The van der Waals surface area contributed by atoms with E-state index in [9.17, 15) is 9.59 Å². The van der Waals surface area contributed by atoms with E-state index >= 15 is 0 Å². The van der Waals surface area contributed by atoms with Gasteiger partial charge in [0.2, 0.25) is 11.8 Å². The Hall–Kier alpha value is -1.69. The van der Waals surface area contributed by atoms with Crippen LogP contribution in [0.2, 0.25) is 0 Å². The number of hydrogen-bond acceptors (Lipinski definition) is 4. The maximum atomic E-state index is 12.8. The maximum absolute atomic E-state index is 12.8. The molecule has 130 valence electrons. The Kier molecular flexibility index (Phi) is 5.66. The van der Waals surface area contributed by atoms with E-state index in [0.29, 0.717) is 13.1 Å². The fourth-order valence-electron chi connectivity index (χ4n) is 3.43. The maximum Gasteiger partial charge on any atom is 0.242 e. The van der Waals surface area contributed by atoms with Crippen molar-refractivity contribution in [3.05, 3.63) is 24.3 Å². The van der Waals surface area contributed by atoms with Crippen LogP contribution in [0.3, 0.4) is 0 Å². The highest BCUT2D eigenvalue weighted by atomic mass is 32.2. The molecule has 0 saturated carbocycles. The molecule has 2 aliphatic heterocycles. The number of carbonyl (C=O) groups is 2. The smallest absolute Gasteiger partial charge is 0.242 e. The molecule has 1 atom stereocenters. The molecule has 0 aliphatic carbocycles. The molecular formula is C18H25N3O2S. The van der Waals surface area contributed by atoms with Crippen molar-refractivity contribution < 1.29 is 9.59 Å². The fourth-order valence-corrected chi connectivity index (χ4v) is 4.45. The predicted octanol–water partition coefficient (Wildman–Crippen LogP) is 2.12. The second kappa shape index (κ2) is 7.92. The summed E-state index contributed by atoms with van der Waals surface area (Å²) in [6, 6.07) is 8.43. The van der Waals surface area contributed by atoms with Crippen LogP contribution >= 0.6 is 11.8 Å². The van der Waals surface area contributed by atoms with Crippen LogP contribution in [0.5, 0.6) is 0 Å². The number of fused-ring (bicyclic) bond motifs is 1. The first-order valence-corrected chi connectivity index (χ1v) is 9.63. The zero-order valence-corrected chi connectivity index (χ0v) is 15.0. The lowest BCUT2D eigenvalue weighted by molar-refractivity contribution is -0.132. The Morgan fingerprint density at radius 1 is 1.25 bits per heavy atom. The molecule has 1 fully saturated rings. The molecule has 0 aromatic heterocycles. The number of benzene rings is 1. The van der Waals surface area contributed by atoms with Crippen molar-refractivity contribution in [3.8, 4) is 0 Å². The van der Waals surface area contributed by atoms with Gasteiger partial charge in [0, 0.05) is 37.5 Å². The first-order chi connectivity index (χ1) is 11.6. The normalized spacial score (nSPS) is 21.0. The second-order valence-corrected chi connectivity index (χ2v) is 7.61. The summed E-state index contributed by atoms with van der Waals surface area (Å²) in [6.45, 7) is 4.29. The predicted molar refractivity (Wildman–Crippen MR) is 97.4 cm³/mol. The third-order valence-electron chi connectivity index (χ3n) is 4.54. The van der Waals surface area contributed by atoms with Crippen LogP contribution in [0.1, 0.15) is 26.2 Å². The molecule has 0 bridgehead atoms. The topological polar surface area (TPSA) is 52.7 Å². The van der Waals surface area contributed by atoms with Gasteiger partial charge in [0.15, 0.2) is 0 Å². The van der Waals surface area contributed by atoms with Crippen LogP contribution in [-0.2, 0) is 9.59 Å². The van der Waals surface area contributed by atoms with Crippen LogP contribution in [0, 0.1) is 0 Å². The van der Waals surface area contributed by atoms with E-state index in [0.717, 1.165) is 38.1 Å². The van der Waals surface area contributed by atoms with Gasteiger partial charge in [-0.2, -0.15) is 0 Å². The number of hydrogen-bond donors (Lipinski definition) is 1. The van der Waals surface area contributed by atoms with Crippen LogP contribution in [-0.4, -0.2) is 54.7 Å². The Morgan fingerprint density at radius 2 is 2.08 bits per heavy atom. The SMILES string of the molecule is CC(=O)NC1CCCN(C(=O)CN2CCCSc3ccccc32)C1. The highest BCUT2D eigenvalue weighted by Crippen LogP contribution is 2.33. The van der Waals surface area contributed by atoms with Crippen molar-refractivity contribution in [2.45, 2.75) is 37.1 Å². The summed E-state index contributed by atoms with van der Waals surface area (Å²) >= 11 is 1.87. The number of amides is 2. The first-order valence-electron chi connectivity index (χ1n) is 8.65. The third kappa shape index (κ3) is 4.23. The number of para-hydroxylation sites is 1. The van der Waals surface area contributed by atoms with Crippen molar-refractivity contribution in [3.63, 3.8) is 0 Å². The van der Waals surface area contributed by atoms with Gasteiger partial charge in [-0.15, -0.1) is 11.8 Å². The summed E-state index contributed by atoms with van der Waals surface area (Å²) in [5.74, 6) is 1.23. The first kappa shape index (κ1) is 17.1. The average molecular weight is 347 g/mol.